The highest BCUT2D eigenvalue weighted by Crippen LogP contribution is 2.23. The molecule has 5 heteroatoms. The Labute approximate surface area is 128 Å². The first-order valence-corrected chi connectivity index (χ1v) is 7.01. The molecule has 110 valence electrons. The van der Waals surface area contributed by atoms with Gasteiger partial charge in [0.1, 0.15) is 5.69 Å². The first kappa shape index (κ1) is 14.0. The number of anilines is 1. The van der Waals surface area contributed by atoms with Gasteiger partial charge in [-0.15, -0.1) is 0 Å². The van der Waals surface area contributed by atoms with Gasteiger partial charge in [-0.3, -0.25) is 9.78 Å². The van der Waals surface area contributed by atoms with Crippen molar-refractivity contribution < 1.29 is 4.79 Å². The summed E-state index contributed by atoms with van der Waals surface area (Å²) in [5.74, 6) is -0.237. The third-order valence-corrected chi connectivity index (χ3v) is 3.43. The maximum Gasteiger partial charge on any atom is 0.274 e. The quantitative estimate of drug-likeness (QED) is 0.806. The highest BCUT2D eigenvalue weighted by Gasteiger charge is 2.16. The molecule has 22 heavy (non-hydrogen) atoms. The molecule has 3 aromatic rings. The lowest BCUT2D eigenvalue weighted by Gasteiger charge is -2.06. The van der Waals surface area contributed by atoms with Crippen LogP contribution in [0.5, 0.6) is 0 Å². The summed E-state index contributed by atoms with van der Waals surface area (Å²) in [6, 6.07) is 15.1. The van der Waals surface area contributed by atoms with Gasteiger partial charge in [-0.05, 0) is 38.1 Å². The fraction of sp³-hybridized carbons (Fsp3) is 0.118. The minimum atomic E-state index is -0.237. The van der Waals surface area contributed by atoms with Crippen molar-refractivity contribution in [3.05, 3.63) is 71.8 Å². The number of nitrogens with one attached hydrogen (secondary N) is 1. The van der Waals surface area contributed by atoms with Crippen molar-refractivity contribution in [3.63, 3.8) is 0 Å². The highest BCUT2D eigenvalue weighted by atomic mass is 16.1. The first-order valence-electron chi connectivity index (χ1n) is 7.01. The molecule has 2 heterocycles. The zero-order chi connectivity index (χ0) is 15.5. The van der Waals surface area contributed by atoms with Crippen molar-refractivity contribution >= 4 is 11.6 Å². The Morgan fingerprint density at radius 2 is 1.77 bits per heavy atom. The SMILES string of the molecule is Cc1nn(-c2ccccc2)c(C)c1NC(=O)c1ccccn1. The molecule has 0 fully saturated rings. The Kier molecular flexibility index (Phi) is 3.70. The summed E-state index contributed by atoms with van der Waals surface area (Å²) in [6.07, 6.45) is 1.60. The fourth-order valence-electron chi connectivity index (χ4n) is 2.32. The third kappa shape index (κ3) is 2.61. The lowest BCUT2D eigenvalue weighted by atomic mass is 10.2. The van der Waals surface area contributed by atoms with Crippen LogP contribution in [0.2, 0.25) is 0 Å². The number of amides is 1. The Bertz CT molecular complexity index is 794. The smallest absolute Gasteiger partial charge is 0.274 e. The van der Waals surface area contributed by atoms with E-state index in [4.69, 9.17) is 0 Å². The topological polar surface area (TPSA) is 59.8 Å². The van der Waals surface area contributed by atoms with Crippen LogP contribution < -0.4 is 5.32 Å². The van der Waals surface area contributed by atoms with Crippen molar-refractivity contribution in [1.82, 2.24) is 14.8 Å². The summed E-state index contributed by atoms with van der Waals surface area (Å²) < 4.78 is 1.82. The van der Waals surface area contributed by atoms with Gasteiger partial charge in [0.05, 0.1) is 22.8 Å². The van der Waals surface area contributed by atoms with E-state index in [9.17, 15) is 4.79 Å². The van der Waals surface area contributed by atoms with Crippen LogP contribution in [0.25, 0.3) is 5.69 Å². The molecular weight excluding hydrogens is 276 g/mol. The third-order valence-electron chi connectivity index (χ3n) is 3.43. The second-order valence-electron chi connectivity index (χ2n) is 4.96. The van der Waals surface area contributed by atoms with Gasteiger partial charge in [-0.25, -0.2) is 4.68 Å². The number of carbonyl (C=O) groups is 1. The Balaban J connectivity index is 1.93. The second-order valence-corrected chi connectivity index (χ2v) is 4.96. The first-order chi connectivity index (χ1) is 10.7. The number of pyridine rings is 1. The van der Waals surface area contributed by atoms with Crippen LogP contribution in [0.1, 0.15) is 21.9 Å². The minimum Gasteiger partial charge on any atom is -0.317 e. The van der Waals surface area contributed by atoms with Crippen LogP contribution in [-0.2, 0) is 0 Å². The molecule has 0 atom stereocenters. The molecule has 0 spiro atoms. The molecule has 2 aromatic heterocycles. The van der Waals surface area contributed by atoms with E-state index >= 15 is 0 Å². The van der Waals surface area contributed by atoms with E-state index in [1.807, 2.05) is 48.9 Å². The molecular formula is C17H16N4O. The average Bonchev–Trinajstić information content (AvgIpc) is 2.84. The Hall–Kier alpha value is -2.95. The summed E-state index contributed by atoms with van der Waals surface area (Å²) >= 11 is 0. The van der Waals surface area contributed by atoms with Crippen LogP contribution in [-0.4, -0.2) is 20.7 Å². The van der Waals surface area contributed by atoms with Crippen LogP contribution in [0.3, 0.4) is 0 Å². The van der Waals surface area contributed by atoms with Crippen molar-refractivity contribution in [2.24, 2.45) is 0 Å². The summed E-state index contributed by atoms with van der Waals surface area (Å²) in [4.78, 5) is 16.3. The number of benzene rings is 1. The van der Waals surface area contributed by atoms with Gasteiger partial charge in [0.2, 0.25) is 0 Å². The molecule has 0 aliphatic heterocycles. The molecule has 0 aliphatic carbocycles. The Morgan fingerprint density at radius 1 is 1.05 bits per heavy atom. The molecule has 1 aromatic carbocycles. The van der Waals surface area contributed by atoms with E-state index in [1.54, 1.807) is 24.4 Å². The fourth-order valence-corrected chi connectivity index (χ4v) is 2.32. The van der Waals surface area contributed by atoms with E-state index in [-0.39, 0.29) is 5.91 Å². The molecule has 1 amide bonds. The Morgan fingerprint density at radius 3 is 2.45 bits per heavy atom. The molecule has 0 bridgehead atoms. The lowest BCUT2D eigenvalue weighted by Crippen LogP contribution is -2.14. The molecule has 0 radical (unpaired) electrons. The highest BCUT2D eigenvalue weighted by molar-refractivity contribution is 6.03. The number of aromatic nitrogens is 3. The summed E-state index contributed by atoms with van der Waals surface area (Å²) in [7, 11) is 0. The molecule has 0 saturated heterocycles. The van der Waals surface area contributed by atoms with Crippen LogP contribution >= 0.6 is 0 Å². The second kappa shape index (κ2) is 5.81. The van der Waals surface area contributed by atoms with Crippen molar-refractivity contribution in [1.29, 1.82) is 0 Å². The van der Waals surface area contributed by atoms with Gasteiger partial charge in [-0.1, -0.05) is 24.3 Å². The minimum absolute atomic E-state index is 0.237. The number of carbonyl (C=O) groups excluding carboxylic acids is 1. The van der Waals surface area contributed by atoms with Crippen molar-refractivity contribution in [3.8, 4) is 5.69 Å². The summed E-state index contributed by atoms with van der Waals surface area (Å²) in [5.41, 5.74) is 3.72. The standard InChI is InChI=1S/C17H16N4O/c1-12-16(19-17(22)15-10-6-7-11-18-15)13(2)21(20-12)14-8-4-3-5-9-14/h3-11H,1-2H3,(H,19,22). The molecule has 0 aliphatic rings. The number of nitrogens with zero attached hydrogens (tertiary/aromatic N) is 3. The number of para-hydroxylation sites is 1. The average molecular weight is 292 g/mol. The van der Waals surface area contributed by atoms with Crippen molar-refractivity contribution in [2.45, 2.75) is 13.8 Å². The summed E-state index contributed by atoms with van der Waals surface area (Å²) in [6.45, 7) is 3.81. The van der Waals surface area contributed by atoms with E-state index in [2.05, 4.69) is 15.4 Å². The maximum absolute atomic E-state index is 12.3. The van der Waals surface area contributed by atoms with E-state index < -0.39 is 0 Å². The van der Waals surface area contributed by atoms with Gasteiger partial charge in [0, 0.05) is 6.20 Å². The lowest BCUT2D eigenvalue weighted by molar-refractivity contribution is 0.102. The predicted molar refractivity (Wildman–Crippen MR) is 85.2 cm³/mol. The number of rotatable bonds is 3. The van der Waals surface area contributed by atoms with E-state index in [0.717, 1.165) is 22.8 Å². The van der Waals surface area contributed by atoms with Gasteiger partial charge in [0.25, 0.3) is 5.91 Å². The molecule has 0 unspecified atom stereocenters. The maximum atomic E-state index is 12.3. The van der Waals surface area contributed by atoms with Crippen molar-refractivity contribution in [2.75, 3.05) is 5.32 Å². The number of hydrogen-bond acceptors (Lipinski definition) is 3. The number of aryl methyl sites for hydroxylation is 1. The predicted octanol–water partition coefficient (Wildman–Crippen LogP) is 3.14. The monoisotopic (exact) mass is 292 g/mol. The van der Waals surface area contributed by atoms with E-state index in [1.165, 1.54) is 0 Å². The molecule has 0 saturated carbocycles. The van der Waals surface area contributed by atoms with Crippen LogP contribution in [0, 0.1) is 13.8 Å². The van der Waals surface area contributed by atoms with Gasteiger partial charge < -0.3 is 5.32 Å². The zero-order valence-corrected chi connectivity index (χ0v) is 12.4. The van der Waals surface area contributed by atoms with Crippen LogP contribution in [0.15, 0.2) is 54.7 Å². The van der Waals surface area contributed by atoms with E-state index in [0.29, 0.717) is 5.69 Å². The zero-order valence-electron chi connectivity index (χ0n) is 12.4. The molecule has 5 nitrogen and oxygen atoms in total. The summed E-state index contributed by atoms with van der Waals surface area (Å²) in [5, 5.41) is 7.41. The van der Waals surface area contributed by atoms with Gasteiger partial charge >= 0.3 is 0 Å². The largest absolute Gasteiger partial charge is 0.317 e. The number of hydrogen-bond donors (Lipinski definition) is 1. The van der Waals surface area contributed by atoms with Gasteiger partial charge in [-0.2, -0.15) is 5.10 Å². The van der Waals surface area contributed by atoms with Crippen LogP contribution in [0.4, 0.5) is 5.69 Å². The van der Waals surface area contributed by atoms with Gasteiger partial charge in [0.15, 0.2) is 0 Å². The normalized spacial score (nSPS) is 10.5. The molecule has 3 rings (SSSR count). The molecule has 1 N–H and O–H groups in total.